The van der Waals surface area contributed by atoms with E-state index < -0.39 is 0 Å². The van der Waals surface area contributed by atoms with Gasteiger partial charge in [0, 0.05) is 32.3 Å². The molecule has 0 bridgehead atoms. The summed E-state index contributed by atoms with van der Waals surface area (Å²) >= 11 is 0. The number of piperazine rings is 1. The number of carbonyl (C=O) groups is 1. The minimum absolute atomic E-state index is 0. The van der Waals surface area contributed by atoms with Crippen LogP contribution in [0.15, 0.2) is 0 Å². The van der Waals surface area contributed by atoms with Crippen LogP contribution >= 0.6 is 12.4 Å². The monoisotopic (exact) mass is 292 g/mol. The van der Waals surface area contributed by atoms with E-state index in [-0.39, 0.29) is 24.4 Å². The van der Waals surface area contributed by atoms with Gasteiger partial charge in [0.25, 0.3) is 0 Å². The molecule has 0 radical (unpaired) electrons. The minimum atomic E-state index is 0. The van der Waals surface area contributed by atoms with E-state index in [1.54, 1.807) is 0 Å². The van der Waals surface area contributed by atoms with E-state index in [0.717, 1.165) is 39.1 Å². The minimum Gasteiger partial charge on any atom is -0.378 e. The average molecular weight is 293 g/mol. The van der Waals surface area contributed by atoms with Gasteiger partial charge in [-0.3, -0.25) is 4.79 Å². The van der Waals surface area contributed by atoms with Crippen LogP contribution in [0.2, 0.25) is 0 Å². The molecule has 2 atom stereocenters. The zero-order chi connectivity index (χ0) is 12.8. The second kappa shape index (κ2) is 8.74. The van der Waals surface area contributed by atoms with Gasteiger partial charge in [0.05, 0.1) is 25.7 Å². The van der Waals surface area contributed by atoms with Crippen molar-refractivity contribution >= 4 is 18.3 Å². The summed E-state index contributed by atoms with van der Waals surface area (Å²) in [6.45, 7) is 6.67. The highest BCUT2D eigenvalue weighted by atomic mass is 35.5. The van der Waals surface area contributed by atoms with Crippen LogP contribution in [0.3, 0.4) is 0 Å². The summed E-state index contributed by atoms with van der Waals surface area (Å²) in [4.78, 5) is 13.9. The molecule has 1 N–H and O–H groups in total. The SMILES string of the molecule is C[C@H]1CNCCN1C(=O)CCOCC1CCCO1.Cl. The molecule has 2 rings (SSSR count). The van der Waals surface area contributed by atoms with Crippen LogP contribution < -0.4 is 5.32 Å². The first kappa shape index (κ1) is 16.7. The van der Waals surface area contributed by atoms with E-state index in [9.17, 15) is 4.79 Å². The summed E-state index contributed by atoms with van der Waals surface area (Å²) in [6.07, 6.45) is 2.95. The number of carbonyl (C=O) groups excluding carboxylic acids is 1. The lowest BCUT2D eigenvalue weighted by molar-refractivity contribution is -0.135. The molecule has 6 heteroatoms. The Kier molecular flexibility index (Phi) is 7.68. The van der Waals surface area contributed by atoms with Crippen LogP contribution in [0.1, 0.15) is 26.2 Å². The summed E-state index contributed by atoms with van der Waals surface area (Å²) in [6, 6.07) is 0.296. The van der Waals surface area contributed by atoms with Crippen molar-refractivity contribution in [1.29, 1.82) is 0 Å². The second-order valence-electron chi connectivity index (χ2n) is 5.10. The Bertz CT molecular complexity index is 273. The lowest BCUT2D eigenvalue weighted by Crippen LogP contribution is -2.52. The van der Waals surface area contributed by atoms with E-state index in [1.165, 1.54) is 0 Å². The van der Waals surface area contributed by atoms with E-state index in [4.69, 9.17) is 9.47 Å². The van der Waals surface area contributed by atoms with Gasteiger partial charge in [-0.2, -0.15) is 0 Å². The molecule has 19 heavy (non-hydrogen) atoms. The molecule has 0 aromatic carbocycles. The molecule has 0 saturated carbocycles. The molecule has 1 unspecified atom stereocenters. The van der Waals surface area contributed by atoms with Crippen molar-refractivity contribution in [2.24, 2.45) is 0 Å². The maximum Gasteiger partial charge on any atom is 0.225 e. The quantitative estimate of drug-likeness (QED) is 0.762. The topological polar surface area (TPSA) is 50.8 Å². The summed E-state index contributed by atoms with van der Waals surface area (Å²) in [5.74, 6) is 0.205. The Morgan fingerprint density at radius 1 is 1.53 bits per heavy atom. The molecular weight excluding hydrogens is 268 g/mol. The van der Waals surface area contributed by atoms with E-state index in [0.29, 0.717) is 25.7 Å². The normalized spacial score (nSPS) is 27.1. The fourth-order valence-electron chi connectivity index (χ4n) is 2.51. The zero-order valence-corrected chi connectivity index (χ0v) is 12.4. The molecule has 0 aromatic rings. The number of amides is 1. The summed E-state index contributed by atoms with van der Waals surface area (Å²) in [7, 11) is 0. The van der Waals surface area contributed by atoms with E-state index >= 15 is 0 Å². The summed E-state index contributed by atoms with van der Waals surface area (Å²) in [5.41, 5.74) is 0. The molecule has 1 amide bonds. The van der Waals surface area contributed by atoms with E-state index in [1.807, 2.05) is 4.90 Å². The second-order valence-corrected chi connectivity index (χ2v) is 5.10. The predicted molar refractivity (Wildman–Crippen MR) is 75.7 cm³/mol. The van der Waals surface area contributed by atoms with Gasteiger partial charge in [-0.15, -0.1) is 12.4 Å². The largest absolute Gasteiger partial charge is 0.378 e. The number of hydrogen-bond donors (Lipinski definition) is 1. The highest BCUT2D eigenvalue weighted by Crippen LogP contribution is 2.12. The van der Waals surface area contributed by atoms with Crippen LogP contribution in [0.5, 0.6) is 0 Å². The van der Waals surface area contributed by atoms with Crippen molar-refractivity contribution in [3.05, 3.63) is 0 Å². The standard InChI is InChI=1S/C13H24N2O3.ClH/c1-11-9-14-5-6-15(11)13(16)4-8-17-10-12-3-2-7-18-12;/h11-12,14H,2-10H2,1H3;1H/t11-,12?;/m0./s1. The number of ether oxygens (including phenoxy) is 2. The molecule has 2 saturated heterocycles. The van der Waals surface area contributed by atoms with Gasteiger partial charge < -0.3 is 19.7 Å². The molecule has 0 aromatic heterocycles. The molecule has 5 nitrogen and oxygen atoms in total. The number of nitrogens with one attached hydrogen (secondary N) is 1. The van der Waals surface area contributed by atoms with Crippen LogP contribution in [0.4, 0.5) is 0 Å². The van der Waals surface area contributed by atoms with Gasteiger partial charge in [0.2, 0.25) is 5.91 Å². The highest BCUT2D eigenvalue weighted by Gasteiger charge is 2.22. The molecule has 112 valence electrons. The lowest BCUT2D eigenvalue weighted by atomic mass is 10.2. The third kappa shape index (κ3) is 5.26. The fourth-order valence-corrected chi connectivity index (χ4v) is 2.51. The predicted octanol–water partition coefficient (Wildman–Crippen LogP) is 0.814. The smallest absolute Gasteiger partial charge is 0.225 e. The van der Waals surface area contributed by atoms with E-state index in [2.05, 4.69) is 12.2 Å². The van der Waals surface area contributed by atoms with Gasteiger partial charge in [-0.25, -0.2) is 0 Å². The third-order valence-electron chi connectivity index (χ3n) is 3.61. The van der Waals surface area contributed by atoms with Crippen molar-refractivity contribution in [3.63, 3.8) is 0 Å². The van der Waals surface area contributed by atoms with Gasteiger partial charge >= 0.3 is 0 Å². The highest BCUT2D eigenvalue weighted by molar-refractivity contribution is 5.85. The summed E-state index contributed by atoms with van der Waals surface area (Å²) in [5, 5.41) is 3.28. The molecular formula is C13H25ClN2O3. The molecule has 2 aliphatic rings. The lowest BCUT2D eigenvalue weighted by Gasteiger charge is -2.34. The molecule has 2 aliphatic heterocycles. The first-order chi connectivity index (χ1) is 8.77. The molecule has 0 spiro atoms. The van der Waals surface area contributed by atoms with Crippen molar-refractivity contribution in [3.8, 4) is 0 Å². The Morgan fingerprint density at radius 3 is 3.05 bits per heavy atom. The molecule has 2 fully saturated rings. The van der Waals surface area contributed by atoms with Crippen LogP contribution in [0, 0.1) is 0 Å². The van der Waals surface area contributed by atoms with Crippen molar-refractivity contribution in [2.75, 3.05) is 39.5 Å². The van der Waals surface area contributed by atoms with Crippen LogP contribution in [0.25, 0.3) is 0 Å². The Morgan fingerprint density at radius 2 is 2.37 bits per heavy atom. The van der Waals surface area contributed by atoms with Crippen molar-refractivity contribution < 1.29 is 14.3 Å². The van der Waals surface area contributed by atoms with Crippen LogP contribution in [-0.2, 0) is 14.3 Å². The fraction of sp³-hybridized carbons (Fsp3) is 0.923. The van der Waals surface area contributed by atoms with Gasteiger partial charge in [-0.05, 0) is 19.8 Å². The van der Waals surface area contributed by atoms with Crippen molar-refractivity contribution in [2.45, 2.75) is 38.3 Å². The summed E-state index contributed by atoms with van der Waals surface area (Å²) < 4.78 is 11.0. The molecule has 2 heterocycles. The average Bonchev–Trinajstić information content (AvgIpc) is 2.88. The number of nitrogens with zero attached hydrogens (tertiary/aromatic N) is 1. The Balaban J connectivity index is 0.00000180. The first-order valence-corrected chi connectivity index (χ1v) is 6.97. The third-order valence-corrected chi connectivity index (χ3v) is 3.61. The van der Waals surface area contributed by atoms with Crippen molar-refractivity contribution in [1.82, 2.24) is 10.2 Å². The number of rotatable bonds is 5. The maximum absolute atomic E-state index is 12.0. The van der Waals surface area contributed by atoms with Gasteiger partial charge in [0.1, 0.15) is 0 Å². The molecule has 0 aliphatic carbocycles. The van der Waals surface area contributed by atoms with Gasteiger partial charge in [-0.1, -0.05) is 0 Å². The maximum atomic E-state index is 12.0. The Hall–Kier alpha value is -0.360. The number of halogens is 1. The zero-order valence-electron chi connectivity index (χ0n) is 11.6. The van der Waals surface area contributed by atoms with Gasteiger partial charge in [0.15, 0.2) is 0 Å². The first-order valence-electron chi connectivity index (χ1n) is 6.97. The Labute approximate surface area is 121 Å². The number of hydrogen-bond acceptors (Lipinski definition) is 4. The van der Waals surface area contributed by atoms with Crippen LogP contribution in [-0.4, -0.2) is 62.4 Å².